The van der Waals surface area contributed by atoms with E-state index in [4.69, 9.17) is 0 Å². The zero-order valence-electron chi connectivity index (χ0n) is 13.1. The van der Waals surface area contributed by atoms with E-state index in [1.54, 1.807) is 0 Å². The third kappa shape index (κ3) is 3.32. The Labute approximate surface area is 135 Å². The van der Waals surface area contributed by atoms with E-state index in [1.165, 1.54) is 3.58 Å². The van der Waals surface area contributed by atoms with Crippen LogP contribution in [0.5, 0.6) is 0 Å². The molecule has 0 fully saturated rings. The molecule has 0 spiro atoms. The molecule has 112 valence electrons. The van der Waals surface area contributed by atoms with Crippen LogP contribution >= 0.6 is 0 Å². The first-order valence-electron chi connectivity index (χ1n) is 7.38. The van der Waals surface area contributed by atoms with Gasteiger partial charge >= 0.3 is 135 Å². The van der Waals surface area contributed by atoms with Crippen molar-refractivity contribution in [2.45, 2.75) is 14.8 Å². The first-order chi connectivity index (χ1) is 10.5. The quantitative estimate of drug-likeness (QED) is 0.780. The molecule has 1 aliphatic rings. The number of hydrogen-bond donors (Lipinski definition) is 2. The molecule has 0 aromatic heterocycles. The summed E-state index contributed by atoms with van der Waals surface area (Å²) in [6, 6.07) is 18.6. The molecule has 0 amide bonds. The number of amidine groups is 2. The van der Waals surface area contributed by atoms with Crippen molar-refractivity contribution < 1.29 is 0 Å². The van der Waals surface area contributed by atoms with Crippen LogP contribution in [-0.2, 0) is 0 Å². The van der Waals surface area contributed by atoms with E-state index in [1.807, 2.05) is 30.3 Å². The number of nitrogens with one attached hydrogen (secondary N) is 2. The van der Waals surface area contributed by atoms with Gasteiger partial charge in [0, 0.05) is 0 Å². The van der Waals surface area contributed by atoms with Gasteiger partial charge in [-0.1, -0.05) is 0 Å². The van der Waals surface area contributed by atoms with E-state index in [0.717, 1.165) is 22.8 Å². The Hall–Kier alpha value is -1.82. The van der Waals surface area contributed by atoms with Crippen molar-refractivity contribution in [1.29, 1.82) is 0 Å². The maximum atomic E-state index is 4.43. The zero-order chi connectivity index (χ0) is 15.6. The number of nitrogens with zero attached hydrogens (tertiary/aromatic N) is 2. The van der Waals surface area contributed by atoms with Gasteiger partial charge in [0.05, 0.1) is 0 Å². The number of hydrazone groups is 2. The summed E-state index contributed by atoms with van der Waals surface area (Å²) in [6.45, 7) is 0. The minimum atomic E-state index is -2.07. The summed E-state index contributed by atoms with van der Waals surface area (Å²) < 4.78 is 1.48. The summed E-state index contributed by atoms with van der Waals surface area (Å²) >= 11 is -2.07. The standard InChI is InChI=1S/C14H11N4.3CH3.Sn/c1-3-7-11(8-4-1)13-15-17-14(18-16-13)12-9-5-2-6-10-12;;;;/h1-5,7-10H,(H,15,16)(H,17,18);3*1H3;. The molecule has 0 bridgehead atoms. The predicted molar refractivity (Wildman–Crippen MR) is 95.2 cm³/mol. The number of benzene rings is 2. The van der Waals surface area contributed by atoms with E-state index >= 15 is 0 Å². The fourth-order valence-corrected chi connectivity index (χ4v) is 5.64. The fraction of sp³-hybridized carbons (Fsp3) is 0.176. The molecule has 4 nitrogen and oxygen atoms in total. The van der Waals surface area contributed by atoms with Crippen LogP contribution in [0.15, 0.2) is 64.8 Å². The Bertz CT molecular complexity index is 730. The van der Waals surface area contributed by atoms with Crippen LogP contribution in [0.3, 0.4) is 0 Å². The second-order valence-electron chi connectivity index (χ2n) is 6.34. The molecule has 0 unspecified atom stereocenters. The van der Waals surface area contributed by atoms with Gasteiger partial charge in [0.15, 0.2) is 0 Å². The van der Waals surface area contributed by atoms with Crippen LogP contribution in [0.2, 0.25) is 14.8 Å². The van der Waals surface area contributed by atoms with Crippen LogP contribution in [0, 0.1) is 0 Å². The average molecular weight is 399 g/mol. The van der Waals surface area contributed by atoms with E-state index in [0.29, 0.717) is 0 Å². The van der Waals surface area contributed by atoms with Crippen LogP contribution in [0.4, 0.5) is 0 Å². The second kappa shape index (κ2) is 6.12. The molecule has 0 radical (unpaired) electrons. The van der Waals surface area contributed by atoms with E-state index in [2.05, 4.69) is 60.1 Å². The molecular formula is C17H20N4Sn. The van der Waals surface area contributed by atoms with Crippen LogP contribution in [0.1, 0.15) is 11.1 Å². The molecule has 2 N–H and O–H groups in total. The first-order valence-corrected chi connectivity index (χ1v) is 17.4. The monoisotopic (exact) mass is 400 g/mol. The van der Waals surface area contributed by atoms with E-state index < -0.39 is 18.4 Å². The van der Waals surface area contributed by atoms with Gasteiger partial charge in [0.2, 0.25) is 0 Å². The van der Waals surface area contributed by atoms with Crippen molar-refractivity contribution in [3.63, 3.8) is 0 Å². The zero-order valence-corrected chi connectivity index (χ0v) is 15.9. The molecule has 2 aromatic carbocycles. The molecule has 2 aromatic rings. The second-order valence-corrected chi connectivity index (χ2v) is 20.8. The Morgan fingerprint density at radius 2 is 1.32 bits per heavy atom. The predicted octanol–water partition coefficient (Wildman–Crippen LogP) is 2.45. The molecule has 3 rings (SSSR count). The summed E-state index contributed by atoms with van der Waals surface area (Å²) in [5, 5.41) is 8.82. The van der Waals surface area contributed by atoms with Gasteiger partial charge in [0.1, 0.15) is 0 Å². The van der Waals surface area contributed by atoms with Gasteiger partial charge in [0.25, 0.3) is 0 Å². The molecule has 0 atom stereocenters. The van der Waals surface area contributed by atoms with Crippen molar-refractivity contribution in [3.05, 3.63) is 65.7 Å². The third-order valence-corrected chi connectivity index (χ3v) is 9.43. The summed E-state index contributed by atoms with van der Waals surface area (Å²) in [5.74, 6) is 1.49. The molecule has 0 saturated carbocycles. The van der Waals surface area contributed by atoms with Crippen molar-refractivity contribution in [1.82, 2.24) is 10.9 Å². The van der Waals surface area contributed by atoms with Crippen LogP contribution < -0.4 is 14.4 Å². The normalized spacial score (nSPS) is 14.5. The van der Waals surface area contributed by atoms with Crippen LogP contribution in [0.25, 0.3) is 0 Å². The molecule has 0 aliphatic carbocycles. The number of rotatable bonds is 3. The summed E-state index contributed by atoms with van der Waals surface area (Å²) in [5.41, 5.74) is 8.18. The van der Waals surface area contributed by atoms with E-state index in [-0.39, 0.29) is 0 Å². The van der Waals surface area contributed by atoms with Crippen LogP contribution in [-0.4, -0.2) is 30.0 Å². The molecule has 1 heterocycles. The van der Waals surface area contributed by atoms with Gasteiger partial charge in [-0.3, -0.25) is 0 Å². The fourth-order valence-electron chi connectivity index (χ4n) is 2.25. The topological polar surface area (TPSA) is 48.8 Å². The molecular weight excluding hydrogens is 379 g/mol. The third-order valence-electron chi connectivity index (χ3n) is 3.60. The molecule has 5 heteroatoms. The summed E-state index contributed by atoms with van der Waals surface area (Å²) in [6.07, 6.45) is 0. The maximum absolute atomic E-state index is 4.43. The van der Waals surface area contributed by atoms with Gasteiger partial charge in [-0.05, 0) is 0 Å². The van der Waals surface area contributed by atoms with Gasteiger partial charge < -0.3 is 0 Å². The summed E-state index contributed by atoms with van der Waals surface area (Å²) in [7, 11) is 0. The van der Waals surface area contributed by atoms with Gasteiger partial charge in [-0.2, -0.15) is 0 Å². The molecule has 22 heavy (non-hydrogen) atoms. The van der Waals surface area contributed by atoms with E-state index in [9.17, 15) is 0 Å². The molecule has 1 aliphatic heterocycles. The Kier molecular flexibility index (Phi) is 4.20. The summed E-state index contributed by atoms with van der Waals surface area (Å²) in [4.78, 5) is 7.23. The number of hydrogen-bond acceptors (Lipinski definition) is 4. The average Bonchev–Trinajstić information content (AvgIpc) is 2.55. The molecule has 0 saturated heterocycles. The van der Waals surface area contributed by atoms with Crippen molar-refractivity contribution in [2.24, 2.45) is 10.2 Å². The van der Waals surface area contributed by atoms with Crippen molar-refractivity contribution >= 4 is 33.6 Å². The SMILES string of the molecule is [CH3][Sn]([CH3])([CH3])[c]1cccc(C2=NNC(c3ccccc3)=NN2)c1. The van der Waals surface area contributed by atoms with Gasteiger partial charge in [-0.15, -0.1) is 0 Å². The van der Waals surface area contributed by atoms with Crippen molar-refractivity contribution in [2.75, 3.05) is 0 Å². The Morgan fingerprint density at radius 1 is 0.727 bits per heavy atom. The minimum absolute atomic E-state index is 0.732. The Morgan fingerprint density at radius 3 is 1.91 bits per heavy atom. The first kappa shape index (κ1) is 15.1. The Balaban J connectivity index is 1.81. The van der Waals surface area contributed by atoms with Crippen molar-refractivity contribution in [3.8, 4) is 0 Å². The van der Waals surface area contributed by atoms with Gasteiger partial charge in [-0.25, -0.2) is 0 Å².